The van der Waals surface area contributed by atoms with Crippen molar-refractivity contribution < 1.29 is 14.3 Å². The molecule has 0 aliphatic rings. The number of halogens is 1. The van der Waals surface area contributed by atoms with Gasteiger partial charge in [-0.3, -0.25) is 4.79 Å². The van der Waals surface area contributed by atoms with Crippen LogP contribution in [0.3, 0.4) is 0 Å². The minimum atomic E-state index is -0.0274. The van der Waals surface area contributed by atoms with E-state index in [-0.39, 0.29) is 11.9 Å². The maximum atomic E-state index is 11.0. The largest absolute Gasteiger partial charge is 0.494 e. The van der Waals surface area contributed by atoms with Crippen molar-refractivity contribution in [1.29, 1.82) is 0 Å². The average Bonchev–Trinajstić information content (AvgIpc) is 2.58. The Morgan fingerprint density at radius 1 is 1.15 bits per heavy atom. The van der Waals surface area contributed by atoms with Crippen LogP contribution in [0, 0.1) is 0 Å². The Kier molecular flexibility index (Phi) is 7.79. The fourth-order valence-corrected chi connectivity index (χ4v) is 2.82. The molecule has 2 aromatic carbocycles. The summed E-state index contributed by atoms with van der Waals surface area (Å²) in [5.41, 5.74) is 1.21. The van der Waals surface area contributed by atoms with Crippen LogP contribution in [0.5, 0.6) is 17.2 Å². The third kappa shape index (κ3) is 6.60. The Balaban J connectivity index is 1.86. The third-order valence-corrected chi connectivity index (χ3v) is 4.15. The number of aryl methyl sites for hydroxylation is 1. The van der Waals surface area contributed by atoms with E-state index >= 15 is 0 Å². The summed E-state index contributed by atoms with van der Waals surface area (Å²) in [7, 11) is 0. The predicted octanol–water partition coefficient (Wildman–Crippen LogP) is 5.38. The number of nitrogens with one attached hydrogen (secondary N) is 1. The fraction of sp³-hybridized carbons (Fsp3) is 0.381. The monoisotopic (exact) mass is 375 g/mol. The van der Waals surface area contributed by atoms with E-state index in [1.807, 2.05) is 49.4 Å². The Morgan fingerprint density at radius 3 is 2.46 bits per heavy atom. The Bertz CT molecular complexity index is 716. The van der Waals surface area contributed by atoms with Gasteiger partial charge < -0.3 is 14.8 Å². The zero-order chi connectivity index (χ0) is 18.9. The van der Waals surface area contributed by atoms with Gasteiger partial charge in [0.2, 0.25) is 5.91 Å². The highest BCUT2D eigenvalue weighted by Gasteiger charge is 2.06. The molecule has 0 aliphatic heterocycles. The van der Waals surface area contributed by atoms with Gasteiger partial charge in [0, 0.05) is 19.4 Å². The molecule has 0 saturated carbocycles. The number of benzene rings is 2. The molecule has 0 aliphatic carbocycles. The molecule has 140 valence electrons. The maximum Gasteiger partial charge on any atom is 0.217 e. The van der Waals surface area contributed by atoms with Gasteiger partial charge in [-0.15, -0.1) is 0 Å². The molecule has 2 rings (SSSR count). The highest BCUT2D eigenvalue weighted by Crippen LogP contribution is 2.31. The molecule has 0 radical (unpaired) electrons. The molecule has 26 heavy (non-hydrogen) atoms. The lowest BCUT2D eigenvalue weighted by molar-refractivity contribution is -0.119. The van der Waals surface area contributed by atoms with Crippen molar-refractivity contribution in [2.24, 2.45) is 0 Å². The minimum Gasteiger partial charge on any atom is -0.494 e. The first-order chi connectivity index (χ1) is 12.5. The summed E-state index contributed by atoms with van der Waals surface area (Å²) in [5, 5.41) is 3.45. The van der Waals surface area contributed by atoms with Crippen molar-refractivity contribution in [2.75, 3.05) is 6.61 Å². The van der Waals surface area contributed by atoms with Crippen LogP contribution in [-0.2, 0) is 11.2 Å². The summed E-state index contributed by atoms with van der Waals surface area (Å²) in [6.07, 6.45) is 2.84. The Hall–Kier alpha value is -2.20. The van der Waals surface area contributed by atoms with Crippen LogP contribution >= 0.6 is 11.6 Å². The summed E-state index contributed by atoms with van der Waals surface area (Å²) in [5.74, 6) is 2.08. The van der Waals surface area contributed by atoms with E-state index < -0.39 is 0 Å². The zero-order valence-electron chi connectivity index (χ0n) is 15.5. The second-order valence-corrected chi connectivity index (χ2v) is 6.73. The molecule has 0 aromatic heterocycles. The van der Waals surface area contributed by atoms with Gasteiger partial charge in [0.25, 0.3) is 0 Å². The highest BCUT2D eigenvalue weighted by atomic mass is 35.5. The molecule has 4 nitrogen and oxygen atoms in total. The van der Waals surface area contributed by atoms with Gasteiger partial charge in [0.1, 0.15) is 17.2 Å². The lowest BCUT2D eigenvalue weighted by Crippen LogP contribution is -2.31. The molecule has 1 N–H and O–H groups in total. The Labute approximate surface area is 160 Å². The lowest BCUT2D eigenvalue weighted by atomic mass is 10.1. The second-order valence-electron chi connectivity index (χ2n) is 6.33. The van der Waals surface area contributed by atoms with Gasteiger partial charge in [-0.1, -0.05) is 31.0 Å². The van der Waals surface area contributed by atoms with Gasteiger partial charge in [0.15, 0.2) is 0 Å². The quantitative estimate of drug-likeness (QED) is 0.640. The number of rotatable bonds is 9. The van der Waals surface area contributed by atoms with E-state index in [4.69, 9.17) is 21.1 Å². The first-order valence-electron chi connectivity index (χ1n) is 8.94. The average molecular weight is 376 g/mol. The SMILES string of the molecule is CCCc1ccc(Oc2ccc(OCCC(C)NC(C)=O)cc2)c(Cl)c1. The van der Waals surface area contributed by atoms with E-state index in [1.54, 1.807) is 0 Å². The molecule has 5 heteroatoms. The summed E-state index contributed by atoms with van der Waals surface area (Å²) < 4.78 is 11.5. The van der Waals surface area contributed by atoms with Gasteiger partial charge in [-0.25, -0.2) is 0 Å². The van der Waals surface area contributed by atoms with Gasteiger partial charge in [-0.05, 0) is 55.3 Å². The van der Waals surface area contributed by atoms with Crippen molar-refractivity contribution in [2.45, 2.75) is 46.1 Å². The van der Waals surface area contributed by atoms with E-state index in [0.717, 1.165) is 25.0 Å². The lowest BCUT2D eigenvalue weighted by Gasteiger charge is -2.13. The van der Waals surface area contributed by atoms with Gasteiger partial charge in [0.05, 0.1) is 11.6 Å². The topological polar surface area (TPSA) is 47.6 Å². The van der Waals surface area contributed by atoms with Crippen LogP contribution in [0.25, 0.3) is 0 Å². The number of hydrogen-bond acceptors (Lipinski definition) is 3. The van der Waals surface area contributed by atoms with E-state index in [0.29, 0.717) is 23.1 Å². The normalized spacial score (nSPS) is 11.7. The van der Waals surface area contributed by atoms with E-state index in [1.165, 1.54) is 12.5 Å². The standard InChI is InChI=1S/C21H26ClNO3/c1-4-5-17-6-11-21(20(22)14-17)26-19-9-7-18(8-10-19)25-13-12-15(2)23-16(3)24/h6-11,14-15H,4-5,12-13H2,1-3H3,(H,23,24). The summed E-state index contributed by atoms with van der Waals surface area (Å²) >= 11 is 6.30. The second kappa shape index (κ2) is 10.1. The van der Waals surface area contributed by atoms with Crippen molar-refractivity contribution in [1.82, 2.24) is 5.32 Å². The van der Waals surface area contributed by atoms with Crippen LogP contribution in [0.15, 0.2) is 42.5 Å². The van der Waals surface area contributed by atoms with Crippen LogP contribution in [0.2, 0.25) is 5.02 Å². The number of ether oxygens (including phenoxy) is 2. The van der Waals surface area contributed by atoms with E-state index in [9.17, 15) is 4.79 Å². The molecule has 0 bridgehead atoms. The molecule has 1 amide bonds. The van der Waals surface area contributed by atoms with Gasteiger partial charge >= 0.3 is 0 Å². The molecule has 0 heterocycles. The molecule has 1 unspecified atom stereocenters. The first kappa shape index (κ1) is 20.1. The van der Waals surface area contributed by atoms with Gasteiger partial charge in [-0.2, -0.15) is 0 Å². The molecular weight excluding hydrogens is 350 g/mol. The van der Waals surface area contributed by atoms with Crippen LogP contribution in [-0.4, -0.2) is 18.6 Å². The fourth-order valence-electron chi connectivity index (χ4n) is 2.57. The molecular formula is C21H26ClNO3. The number of carbonyl (C=O) groups is 1. The molecule has 1 atom stereocenters. The number of hydrogen-bond donors (Lipinski definition) is 1. The summed E-state index contributed by atoms with van der Waals surface area (Å²) in [6, 6.07) is 13.4. The maximum absolute atomic E-state index is 11.0. The minimum absolute atomic E-state index is 0.0274. The molecule has 0 spiro atoms. The summed E-state index contributed by atoms with van der Waals surface area (Å²) in [4.78, 5) is 11.0. The van der Waals surface area contributed by atoms with Crippen molar-refractivity contribution in [3.63, 3.8) is 0 Å². The smallest absolute Gasteiger partial charge is 0.217 e. The first-order valence-corrected chi connectivity index (χ1v) is 9.32. The van der Waals surface area contributed by atoms with Crippen LogP contribution < -0.4 is 14.8 Å². The predicted molar refractivity (Wildman–Crippen MR) is 105 cm³/mol. The highest BCUT2D eigenvalue weighted by molar-refractivity contribution is 6.32. The molecule has 0 saturated heterocycles. The number of amides is 1. The zero-order valence-corrected chi connectivity index (χ0v) is 16.3. The van der Waals surface area contributed by atoms with Crippen molar-refractivity contribution >= 4 is 17.5 Å². The Morgan fingerprint density at radius 2 is 1.85 bits per heavy atom. The summed E-state index contributed by atoms with van der Waals surface area (Å²) in [6.45, 7) is 6.14. The van der Waals surface area contributed by atoms with Crippen molar-refractivity contribution in [3.05, 3.63) is 53.1 Å². The van der Waals surface area contributed by atoms with Crippen LogP contribution in [0.1, 0.15) is 39.2 Å². The third-order valence-electron chi connectivity index (χ3n) is 3.86. The molecule has 0 fully saturated rings. The molecule has 2 aromatic rings. The van der Waals surface area contributed by atoms with E-state index in [2.05, 4.69) is 12.2 Å². The number of carbonyl (C=O) groups excluding carboxylic acids is 1. The van der Waals surface area contributed by atoms with Crippen molar-refractivity contribution in [3.8, 4) is 17.2 Å². The van der Waals surface area contributed by atoms with Crippen LogP contribution in [0.4, 0.5) is 0 Å².